The van der Waals surface area contributed by atoms with E-state index in [0.717, 1.165) is 19.3 Å². The van der Waals surface area contributed by atoms with Crippen molar-refractivity contribution in [2.45, 2.75) is 31.3 Å². The number of nitrogens with zero attached hydrogens (tertiary/aromatic N) is 1. The van der Waals surface area contributed by atoms with E-state index in [1.165, 1.54) is 6.33 Å². The average molecular weight is 209 g/mol. The van der Waals surface area contributed by atoms with Gasteiger partial charge in [-0.15, -0.1) is 0 Å². The van der Waals surface area contributed by atoms with Crippen LogP contribution in [0.15, 0.2) is 11.1 Å². The smallest absolute Gasteiger partial charge is 0.276 e. The number of hydrogen-bond donors (Lipinski definition) is 4. The zero-order valence-corrected chi connectivity index (χ0v) is 8.36. The van der Waals surface area contributed by atoms with E-state index < -0.39 is 0 Å². The minimum Gasteiger partial charge on any atom is -0.391 e. The lowest BCUT2D eigenvalue weighted by Crippen LogP contribution is -2.36. The molecule has 2 atom stereocenters. The van der Waals surface area contributed by atoms with E-state index in [1.807, 2.05) is 0 Å². The Kier molecular flexibility index (Phi) is 2.59. The summed E-state index contributed by atoms with van der Waals surface area (Å²) < 4.78 is 0. The highest BCUT2D eigenvalue weighted by Crippen LogP contribution is 2.21. The molecule has 1 aromatic heterocycles. The molecule has 6 nitrogen and oxygen atoms in total. The zero-order chi connectivity index (χ0) is 10.8. The summed E-state index contributed by atoms with van der Waals surface area (Å²) >= 11 is 0. The average Bonchev–Trinajstić information content (AvgIpc) is 2.60. The van der Waals surface area contributed by atoms with Crippen molar-refractivity contribution in [2.24, 2.45) is 5.73 Å². The third kappa shape index (κ3) is 1.94. The number of H-pyrrole nitrogens is 1. The molecule has 1 aliphatic rings. The van der Waals surface area contributed by atoms with Crippen LogP contribution in [0, 0.1) is 0 Å². The molecular formula is C9H15N5O. The Bertz CT molecular complexity index is 402. The van der Waals surface area contributed by atoms with Gasteiger partial charge in [0.25, 0.3) is 5.56 Å². The van der Waals surface area contributed by atoms with Crippen molar-refractivity contribution in [1.29, 1.82) is 0 Å². The van der Waals surface area contributed by atoms with E-state index in [9.17, 15) is 4.79 Å². The monoisotopic (exact) mass is 209 g/mol. The first-order valence-corrected chi connectivity index (χ1v) is 5.04. The largest absolute Gasteiger partial charge is 0.391 e. The van der Waals surface area contributed by atoms with E-state index in [-0.39, 0.29) is 23.3 Å². The van der Waals surface area contributed by atoms with Crippen molar-refractivity contribution in [3.8, 4) is 0 Å². The minimum atomic E-state index is -0.320. The first kappa shape index (κ1) is 9.97. The molecule has 0 bridgehead atoms. The van der Waals surface area contributed by atoms with Gasteiger partial charge in [0, 0.05) is 12.1 Å². The van der Waals surface area contributed by atoms with Gasteiger partial charge < -0.3 is 21.8 Å². The van der Waals surface area contributed by atoms with Gasteiger partial charge in [-0.1, -0.05) is 0 Å². The fraction of sp³-hybridized carbons (Fsp3) is 0.556. The van der Waals surface area contributed by atoms with Crippen LogP contribution in [0.25, 0.3) is 0 Å². The molecule has 82 valence electrons. The number of nitrogens with one attached hydrogen (secondary N) is 2. The molecule has 1 aliphatic carbocycles. The van der Waals surface area contributed by atoms with Crippen LogP contribution < -0.4 is 22.3 Å². The quantitative estimate of drug-likeness (QED) is 0.532. The lowest BCUT2D eigenvalue weighted by molar-refractivity contribution is 0.635. The molecule has 1 fully saturated rings. The Morgan fingerprint density at radius 3 is 3.00 bits per heavy atom. The number of hydrogen-bond acceptors (Lipinski definition) is 5. The van der Waals surface area contributed by atoms with Gasteiger partial charge in [-0.05, 0) is 19.3 Å². The molecule has 2 rings (SSSR count). The Labute approximate surface area is 87.1 Å². The third-order valence-corrected chi connectivity index (χ3v) is 2.78. The second-order valence-electron chi connectivity index (χ2n) is 3.84. The van der Waals surface area contributed by atoms with Crippen molar-refractivity contribution in [2.75, 3.05) is 11.1 Å². The van der Waals surface area contributed by atoms with E-state index in [1.54, 1.807) is 0 Å². The van der Waals surface area contributed by atoms with Gasteiger partial charge in [0.2, 0.25) is 0 Å². The molecule has 0 saturated heterocycles. The topological polar surface area (TPSA) is 110 Å². The minimum absolute atomic E-state index is 0.116. The van der Waals surface area contributed by atoms with Crippen LogP contribution in [-0.2, 0) is 0 Å². The SMILES string of the molecule is Nc1c(NC2CCCC2N)nc[nH]c1=O. The van der Waals surface area contributed by atoms with Crippen molar-refractivity contribution < 1.29 is 0 Å². The number of nitrogen functional groups attached to an aromatic ring is 1. The second kappa shape index (κ2) is 3.90. The molecule has 0 spiro atoms. The van der Waals surface area contributed by atoms with Gasteiger partial charge in [0.1, 0.15) is 5.69 Å². The highest BCUT2D eigenvalue weighted by atomic mass is 16.1. The van der Waals surface area contributed by atoms with E-state index in [0.29, 0.717) is 5.82 Å². The summed E-state index contributed by atoms with van der Waals surface area (Å²) in [6, 6.07) is 0.284. The molecule has 1 heterocycles. The van der Waals surface area contributed by atoms with E-state index in [2.05, 4.69) is 15.3 Å². The van der Waals surface area contributed by atoms with Gasteiger partial charge in [-0.2, -0.15) is 0 Å². The van der Waals surface area contributed by atoms with Crippen molar-refractivity contribution in [3.63, 3.8) is 0 Å². The van der Waals surface area contributed by atoms with Gasteiger partial charge in [0.05, 0.1) is 6.33 Å². The standard InChI is InChI=1S/C9H15N5O/c10-5-2-1-3-6(5)14-8-7(11)9(15)13-4-12-8/h4-6H,1-3,10-11H2,(H2,12,13,14,15). The summed E-state index contributed by atoms with van der Waals surface area (Å²) in [6.07, 6.45) is 4.43. The maximum Gasteiger partial charge on any atom is 0.276 e. The fourth-order valence-corrected chi connectivity index (χ4v) is 1.87. The van der Waals surface area contributed by atoms with Crippen molar-refractivity contribution >= 4 is 11.5 Å². The molecule has 0 aromatic carbocycles. The number of rotatable bonds is 2. The van der Waals surface area contributed by atoms with Crippen LogP contribution in [-0.4, -0.2) is 22.1 Å². The van der Waals surface area contributed by atoms with Gasteiger partial charge in [0.15, 0.2) is 5.82 Å². The normalized spacial score (nSPS) is 25.4. The van der Waals surface area contributed by atoms with Crippen LogP contribution in [0.2, 0.25) is 0 Å². The predicted molar refractivity (Wildman–Crippen MR) is 58.5 cm³/mol. The molecule has 15 heavy (non-hydrogen) atoms. The molecular weight excluding hydrogens is 194 g/mol. The van der Waals surface area contributed by atoms with Crippen LogP contribution >= 0.6 is 0 Å². The third-order valence-electron chi connectivity index (χ3n) is 2.78. The second-order valence-corrected chi connectivity index (χ2v) is 3.84. The van der Waals surface area contributed by atoms with Crippen LogP contribution in [0.4, 0.5) is 11.5 Å². The lowest BCUT2D eigenvalue weighted by atomic mass is 10.2. The first-order valence-electron chi connectivity index (χ1n) is 5.04. The number of nitrogens with two attached hydrogens (primary N) is 2. The molecule has 0 amide bonds. The number of aromatic nitrogens is 2. The van der Waals surface area contributed by atoms with Crippen LogP contribution in [0.5, 0.6) is 0 Å². The zero-order valence-electron chi connectivity index (χ0n) is 8.36. The molecule has 0 aliphatic heterocycles. The van der Waals surface area contributed by atoms with E-state index >= 15 is 0 Å². The molecule has 6 N–H and O–H groups in total. The highest BCUT2D eigenvalue weighted by molar-refractivity contribution is 5.59. The lowest BCUT2D eigenvalue weighted by Gasteiger charge is -2.18. The van der Waals surface area contributed by atoms with Crippen LogP contribution in [0.3, 0.4) is 0 Å². The molecule has 0 radical (unpaired) electrons. The number of anilines is 2. The van der Waals surface area contributed by atoms with E-state index in [4.69, 9.17) is 11.5 Å². The first-order chi connectivity index (χ1) is 7.18. The van der Waals surface area contributed by atoms with Gasteiger partial charge in [-0.25, -0.2) is 4.98 Å². The Morgan fingerprint density at radius 2 is 2.33 bits per heavy atom. The molecule has 2 unspecified atom stereocenters. The summed E-state index contributed by atoms with van der Waals surface area (Å²) in [5, 5.41) is 3.12. The molecule has 1 saturated carbocycles. The van der Waals surface area contributed by atoms with Gasteiger partial charge in [-0.3, -0.25) is 4.79 Å². The maximum atomic E-state index is 11.2. The predicted octanol–water partition coefficient (Wildman–Crippen LogP) is -0.356. The molecule has 1 aromatic rings. The van der Waals surface area contributed by atoms with Gasteiger partial charge >= 0.3 is 0 Å². The Balaban J connectivity index is 2.17. The highest BCUT2D eigenvalue weighted by Gasteiger charge is 2.24. The maximum absolute atomic E-state index is 11.2. The summed E-state index contributed by atoms with van der Waals surface area (Å²) in [6.45, 7) is 0. The summed E-state index contributed by atoms with van der Waals surface area (Å²) in [4.78, 5) is 17.6. The van der Waals surface area contributed by atoms with Crippen molar-refractivity contribution in [3.05, 3.63) is 16.7 Å². The van der Waals surface area contributed by atoms with Crippen LogP contribution in [0.1, 0.15) is 19.3 Å². The fourth-order valence-electron chi connectivity index (χ4n) is 1.87. The Hall–Kier alpha value is -1.56. The molecule has 6 heteroatoms. The summed E-state index contributed by atoms with van der Waals surface area (Å²) in [7, 11) is 0. The van der Waals surface area contributed by atoms with Crippen molar-refractivity contribution in [1.82, 2.24) is 9.97 Å². The summed E-state index contributed by atoms with van der Waals surface area (Å²) in [5.74, 6) is 0.432. The Morgan fingerprint density at radius 1 is 1.53 bits per heavy atom. The number of aromatic amines is 1. The summed E-state index contributed by atoms with van der Waals surface area (Å²) in [5.41, 5.74) is 11.3.